The van der Waals surface area contributed by atoms with Gasteiger partial charge in [-0.2, -0.15) is 0 Å². The van der Waals surface area contributed by atoms with E-state index in [1.807, 2.05) is 12.1 Å². The van der Waals surface area contributed by atoms with Gasteiger partial charge in [0, 0.05) is 10.6 Å². The third-order valence-corrected chi connectivity index (χ3v) is 9.28. The van der Waals surface area contributed by atoms with E-state index >= 15 is 0 Å². The van der Waals surface area contributed by atoms with Crippen molar-refractivity contribution < 1.29 is 18.6 Å². The Labute approximate surface area is 207 Å². The summed E-state index contributed by atoms with van der Waals surface area (Å²) >= 11 is 0. The van der Waals surface area contributed by atoms with Crippen molar-refractivity contribution in [2.45, 2.75) is 102 Å². The second kappa shape index (κ2) is 7.96. The van der Waals surface area contributed by atoms with Crippen LogP contribution < -0.4 is 0 Å². The molecule has 34 heavy (non-hydrogen) atoms. The third kappa shape index (κ3) is 3.61. The molecule has 4 rings (SSSR count). The van der Waals surface area contributed by atoms with Crippen molar-refractivity contribution >= 4 is 14.2 Å². The maximum absolute atomic E-state index is 6.78. The third-order valence-electron chi connectivity index (χ3n) is 9.28. The monoisotopic (exact) mass is 462 g/mol. The zero-order chi connectivity index (χ0) is 25.2. The van der Waals surface area contributed by atoms with Crippen molar-refractivity contribution in [1.82, 2.24) is 0 Å². The Balaban J connectivity index is 1.98. The minimum atomic E-state index is -0.651. The van der Waals surface area contributed by atoms with Crippen LogP contribution in [0.3, 0.4) is 0 Å². The predicted molar refractivity (Wildman–Crippen MR) is 140 cm³/mol. The smallest absolute Gasteiger partial charge is 0.403 e. The zero-order valence-corrected chi connectivity index (χ0v) is 22.6. The molecular formula is C28H40B2O4. The Morgan fingerprint density at radius 3 is 0.941 bits per heavy atom. The summed E-state index contributed by atoms with van der Waals surface area (Å²) in [6.07, 6.45) is 0. The van der Waals surface area contributed by atoms with Gasteiger partial charge in [-0.15, -0.1) is 0 Å². The van der Waals surface area contributed by atoms with Gasteiger partial charge in [0.2, 0.25) is 0 Å². The van der Waals surface area contributed by atoms with Gasteiger partial charge >= 0.3 is 14.2 Å². The molecule has 0 bridgehead atoms. The Bertz CT molecular complexity index is 906. The van der Waals surface area contributed by atoms with E-state index in [0.717, 1.165) is 11.1 Å². The zero-order valence-electron chi connectivity index (χ0n) is 22.6. The molecule has 6 heteroatoms. The van der Waals surface area contributed by atoms with Crippen molar-refractivity contribution in [3.63, 3.8) is 0 Å². The molecule has 182 valence electrons. The van der Waals surface area contributed by atoms with Crippen LogP contribution in [0.2, 0.25) is 0 Å². The highest BCUT2D eigenvalue weighted by atomic mass is 16.7. The number of hydrogen-bond donors (Lipinski definition) is 0. The second-order valence-electron chi connectivity index (χ2n) is 12.3. The molecule has 4 nitrogen and oxygen atoms in total. The van der Waals surface area contributed by atoms with Gasteiger partial charge in [-0.3, -0.25) is 0 Å². The SMILES string of the molecule is CC1(C)OB([C@](C)(c2ccccc2)[C@](C)(B2OC(C)(C)C(C)(C)O2)c2ccccc2)OC1(C)C. The first kappa shape index (κ1) is 25.5. The van der Waals surface area contributed by atoms with Crippen molar-refractivity contribution in [1.29, 1.82) is 0 Å². The predicted octanol–water partition coefficient (Wildman–Crippen LogP) is 6.17. The molecule has 2 saturated heterocycles. The van der Waals surface area contributed by atoms with Crippen molar-refractivity contribution in [3.8, 4) is 0 Å². The molecule has 2 atom stereocenters. The van der Waals surface area contributed by atoms with Gasteiger partial charge in [0.15, 0.2) is 0 Å². The molecule has 0 saturated carbocycles. The van der Waals surface area contributed by atoms with Gasteiger partial charge in [-0.05, 0) is 66.5 Å². The molecule has 0 N–H and O–H groups in total. The highest BCUT2D eigenvalue weighted by Gasteiger charge is 2.71. The lowest BCUT2D eigenvalue weighted by molar-refractivity contribution is 0.00578. The fraction of sp³-hybridized carbons (Fsp3) is 0.571. The quantitative estimate of drug-likeness (QED) is 0.499. The molecule has 0 spiro atoms. The van der Waals surface area contributed by atoms with Crippen LogP contribution in [-0.2, 0) is 29.2 Å². The highest BCUT2D eigenvalue weighted by molar-refractivity contribution is 6.58. The van der Waals surface area contributed by atoms with E-state index in [-0.39, 0.29) is 0 Å². The summed E-state index contributed by atoms with van der Waals surface area (Å²) in [6.45, 7) is 21.3. The first-order valence-corrected chi connectivity index (χ1v) is 12.4. The first-order chi connectivity index (χ1) is 15.6. The molecule has 2 heterocycles. The molecule has 2 aliphatic heterocycles. The van der Waals surface area contributed by atoms with Crippen molar-refractivity contribution in [2.75, 3.05) is 0 Å². The lowest BCUT2D eigenvalue weighted by Gasteiger charge is -2.49. The van der Waals surface area contributed by atoms with E-state index in [4.69, 9.17) is 18.6 Å². The molecule has 2 aromatic rings. The standard InChI is InChI=1S/C28H40B2O4/c1-23(2)24(3,4)32-29(31-23)27(9,21-17-13-11-14-18-21)28(10,22-19-15-12-16-20-22)30-33-25(5,6)26(7,8)34-30/h11-20H,1-10H3/t27-,28-/m1/s1. The molecular weight excluding hydrogens is 422 g/mol. The molecule has 0 aliphatic carbocycles. The molecule has 2 aromatic carbocycles. The van der Waals surface area contributed by atoms with Crippen LogP contribution in [0.5, 0.6) is 0 Å². The fourth-order valence-electron chi connectivity index (χ4n) is 5.09. The van der Waals surface area contributed by atoms with Gasteiger partial charge in [0.1, 0.15) is 0 Å². The highest BCUT2D eigenvalue weighted by Crippen LogP contribution is 2.55. The van der Waals surface area contributed by atoms with E-state index < -0.39 is 47.3 Å². The van der Waals surface area contributed by atoms with Crippen LogP contribution in [0.25, 0.3) is 0 Å². The van der Waals surface area contributed by atoms with Crippen molar-refractivity contribution in [2.24, 2.45) is 0 Å². The average molecular weight is 462 g/mol. The van der Waals surface area contributed by atoms with E-state index in [2.05, 4.69) is 118 Å². The lowest BCUT2D eigenvalue weighted by Crippen LogP contribution is -2.64. The van der Waals surface area contributed by atoms with Gasteiger partial charge in [-0.1, -0.05) is 74.5 Å². The maximum atomic E-state index is 6.78. The van der Waals surface area contributed by atoms with Gasteiger partial charge in [0.25, 0.3) is 0 Å². The fourth-order valence-corrected chi connectivity index (χ4v) is 5.09. The Morgan fingerprint density at radius 2 is 0.706 bits per heavy atom. The van der Waals surface area contributed by atoms with Gasteiger partial charge in [-0.25, -0.2) is 0 Å². The molecule has 0 radical (unpaired) electrons. The Hall–Kier alpha value is -1.59. The number of benzene rings is 2. The van der Waals surface area contributed by atoms with E-state index in [0.29, 0.717) is 0 Å². The molecule has 2 fully saturated rings. The maximum Gasteiger partial charge on any atom is 0.469 e. The van der Waals surface area contributed by atoms with Crippen molar-refractivity contribution in [3.05, 3.63) is 71.8 Å². The Morgan fingerprint density at radius 1 is 0.471 bits per heavy atom. The minimum absolute atomic E-state index is 0.471. The largest absolute Gasteiger partial charge is 0.469 e. The summed E-state index contributed by atoms with van der Waals surface area (Å²) in [7, 11) is -1.05. The number of hydrogen-bond acceptors (Lipinski definition) is 4. The van der Waals surface area contributed by atoms with Crippen LogP contribution in [0.15, 0.2) is 60.7 Å². The van der Waals surface area contributed by atoms with Crippen LogP contribution in [0.4, 0.5) is 0 Å². The summed E-state index contributed by atoms with van der Waals surface area (Å²) in [6, 6.07) is 21.1. The minimum Gasteiger partial charge on any atom is -0.403 e. The summed E-state index contributed by atoms with van der Waals surface area (Å²) in [5, 5.41) is -1.30. The van der Waals surface area contributed by atoms with Crippen LogP contribution in [-0.4, -0.2) is 36.6 Å². The molecule has 0 unspecified atom stereocenters. The van der Waals surface area contributed by atoms with Crippen LogP contribution >= 0.6 is 0 Å². The molecule has 2 aliphatic rings. The Kier molecular flexibility index (Phi) is 5.97. The molecule has 0 aromatic heterocycles. The first-order valence-electron chi connectivity index (χ1n) is 12.4. The number of rotatable bonds is 5. The summed E-state index contributed by atoms with van der Waals surface area (Å²) in [4.78, 5) is 0. The average Bonchev–Trinajstić information content (AvgIpc) is 3.13. The topological polar surface area (TPSA) is 36.9 Å². The second-order valence-corrected chi connectivity index (χ2v) is 12.3. The summed E-state index contributed by atoms with van der Waals surface area (Å²) < 4.78 is 27.1. The van der Waals surface area contributed by atoms with E-state index in [1.54, 1.807) is 0 Å². The summed E-state index contributed by atoms with van der Waals surface area (Å²) in [5.41, 5.74) is 0.356. The van der Waals surface area contributed by atoms with Gasteiger partial charge < -0.3 is 18.6 Å². The van der Waals surface area contributed by atoms with Gasteiger partial charge in [0.05, 0.1) is 22.4 Å². The lowest BCUT2D eigenvalue weighted by atomic mass is 9.32. The summed E-state index contributed by atoms with van der Waals surface area (Å²) in [5.74, 6) is 0. The van der Waals surface area contributed by atoms with E-state index in [9.17, 15) is 0 Å². The normalized spacial score (nSPS) is 26.2. The van der Waals surface area contributed by atoms with E-state index in [1.165, 1.54) is 0 Å². The van der Waals surface area contributed by atoms with Crippen LogP contribution in [0.1, 0.15) is 80.4 Å². The molecule has 0 amide bonds. The van der Waals surface area contributed by atoms with Crippen LogP contribution in [0, 0.1) is 0 Å².